The molecular formula is C21H20N4O5S2. The van der Waals surface area contributed by atoms with E-state index in [0.29, 0.717) is 32.5 Å². The van der Waals surface area contributed by atoms with Crippen LogP contribution in [0.3, 0.4) is 0 Å². The van der Waals surface area contributed by atoms with Crippen LogP contribution < -0.4 is 16.0 Å². The van der Waals surface area contributed by atoms with Crippen molar-refractivity contribution in [3.8, 4) is 0 Å². The van der Waals surface area contributed by atoms with Crippen LogP contribution in [-0.4, -0.2) is 29.0 Å². The maximum Gasteiger partial charge on any atom is 0.341 e. The molecule has 2 heterocycles. The molecule has 1 amide bonds. The zero-order valence-corrected chi connectivity index (χ0v) is 18.9. The predicted molar refractivity (Wildman–Crippen MR) is 124 cm³/mol. The standard InChI is InChI=1S/C21H20N4O5S2/c1-10-15(17(23-21(31)22-10)11-6-8-12(9-7-11)25(28)29)18(26)24-19-16(20(27)30-2)13-4-3-5-14(13)32-19/h6-9,17H,3-5H2,1-2H3,(H,24,26)(H2,22,23,31)/t17-/m1/s1. The summed E-state index contributed by atoms with van der Waals surface area (Å²) in [6.07, 6.45) is 2.61. The van der Waals surface area contributed by atoms with E-state index < -0.39 is 22.8 Å². The molecule has 4 rings (SSSR count). The average Bonchev–Trinajstić information content (AvgIpc) is 3.33. The van der Waals surface area contributed by atoms with Gasteiger partial charge in [0.25, 0.3) is 11.6 Å². The summed E-state index contributed by atoms with van der Waals surface area (Å²) in [6.45, 7) is 1.73. The molecular weight excluding hydrogens is 452 g/mol. The molecule has 0 unspecified atom stereocenters. The summed E-state index contributed by atoms with van der Waals surface area (Å²) in [7, 11) is 1.32. The molecule has 0 bridgehead atoms. The van der Waals surface area contributed by atoms with Gasteiger partial charge in [0.2, 0.25) is 0 Å². The number of rotatable bonds is 5. The second-order valence-corrected chi connectivity index (χ2v) is 8.94. The molecule has 0 saturated carbocycles. The number of fused-ring (bicyclic) bond motifs is 1. The molecule has 9 nitrogen and oxygen atoms in total. The number of ether oxygens (including phenoxy) is 1. The Kier molecular flexibility index (Phi) is 5.94. The van der Waals surface area contributed by atoms with Gasteiger partial charge in [-0.2, -0.15) is 0 Å². The molecule has 1 atom stereocenters. The Bertz CT molecular complexity index is 1170. The Morgan fingerprint density at radius 1 is 1.28 bits per heavy atom. The second-order valence-electron chi connectivity index (χ2n) is 7.43. The number of nitro benzene ring substituents is 1. The minimum Gasteiger partial charge on any atom is -0.465 e. The minimum atomic E-state index is -0.613. The second kappa shape index (κ2) is 8.67. The molecule has 0 spiro atoms. The molecule has 1 aromatic heterocycles. The molecule has 2 aliphatic rings. The number of hydrogen-bond acceptors (Lipinski definition) is 7. The van der Waals surface area contributed by atoms with Gasteiger partial charge >= 0.3 is 5.97 Å². The summed E-state index contributed by atoms with van der Waals surface area (Å²) in [6, 6.07) is 5.32. The number of esters is 1. The number of hydrogen-bond donors (Lipinski definition) is 3. The zero-order chi connectivity index (χ0) is 23.0. The summed E-state index contributed by atoms with van der Waals surface area (Å²) in [5.41, 5.74) is 2.88. The van der Waals surface area contributed by atoms with Crippen molar-refractivity contribution in [2.75, 3.05) is 12.4 Å². The number of nitrogens with zero attached hydrogens (tertiary/aromatic N) is 1. The first-order valence-corrected chi connectivity index (χ1v) is 11.1. The van der Waals surface area contributed by atoms with E-state index in [1.807, 2.05) is 0 Å². The van der Waals surface area contributed by atoms with Crippen molar-refractivity contribution in [1.82, 2.24) is 10.6 Å². The van der Waals surface area contributed by atoms with E-state index in [-0.39, 0.29) is 5.69 Å². The number of anilines is 1. The van der Waals surface area contributed by atoms with Crippen LogP contribution in [-0.2, 0) is 22.4 Å². The summed E-state index contributed by atoms with van der Waals surface area (Å²) in [5, 5.41) is 20.7. The van der Waals surface area contributed by atoms with E-state index in [1.54, 1.807) is 19.1 Å². The Balaban J connectivity index is 1.68. The first-order valence-electron chi connectivity index (χ1n) is 9.87. The van der Waals surface area contributed by atoms with E-state index in [1.165, 1.54) is 30.6 Å². The molecule has 166 valence electrons. The Hall–Kier alpha value is -3.31. The van der Waals surface area contributed by atoms with E-state index >= 15 is 0 Å². The fourth-order valence-electron chi connectivity index (χ4n) is 4.01. The molecule has 2 aromatic rings. The lowest BCUT2D eigenvalue weighted by atomic mass is 9.94. The van der Waals surface area contributed by atoms with Gasteiger partial charge in [0.15, 0.2) is 5.11 Å². The number of nitro groups is 1. The normalized spacial score (nSPS) is 17.3. The van der Waals surface area contributed by atoms with Crippen molar-refractivity contribution in [3.05, 3.63) is 67.2 Å². The van der Waals surface area contributed by atoms with Gasteiger partial charge in [0, 0.05) is 22.7 Å². The van der Waals surface area contributed by atoms with Crippen LogP contribution >= 0.6 is 23.6 Å². The zero-order valence-electron chi connectivity index (χ0n) is 17.3. The Morgan fingerprint density at radius 2 is 2.00 bits per heavy atom. The number of methoxy groups -OCH3 is 1. The molecule has 32 heavy (non-hydrogen) atoms. The number of carbonyl (C=O) groups excluding carboxylic acids is 2. The number of nitrogens with one attached hydrogen (secondary N) is 3. The number of thiophene rings is 1. The third-order valence-corrected chi connectivity index (χ3v) is 6.92. The van der Waals surface area contributed by atoms with E-state index in [4.69, 9.17) is 17.0 Å². The molecule has 1 aromatic carbocycles. The van der Waals surface area contributed by atoms with Crippen LogP contribution in [0, 0.1) is 10.1 Å². The third kappa shape index (κ3) is 3.96. The van der Waals surface area contributed by atoms with Gasteiger partial charge in [-0.25, -0.2) is 4.79 Å². The molecule has 0 radical (unpaired) electrons. The van der Waals surface area contributed by atoms with Gasteiger partial charge in [-0.3, -0.25) is 14.9 Å². The van der Waals surface area contributed by atoms with Gasteiger partial charge < -0.3 is 20.7 Å². The third-order valence-electron chi connectivity index (χ3n) is 5.49. The van der Waals surface area contributed by atoms with Crippen molar-refractivity contribution in [1.29, 1.82) is 0 Å². The molecule has 11 heteroatoms. The average molecular weight is 473 g/mol. The highest BCUT2D eigenvalue weighted by molar-refractivity contribution is 7.80. The van der Waals surface area contributed by atoms with Crippen LogP contribution in [0.5, 0.6) is 0 Å². The maximum absolute atomic E-state index is 13.4. The summed E-state index contributed by atoms with van der Waals surface area (Å²) < 4.78 is 4.95. The molecule has 1 aliphatic carbocycles. The fraction of sp³-hybridized carbons (Fsp3) is 0.286. The van der Waals surface area contributed by atoms with E-state index in [0.717, 1.165) is 29.7 Å². The lowest BCUT2D eigenvalue weighted by Crippen LogP contribution is -2.45. The van der Waals surface area contributed by atoms with Crippen LogP contribution in [0.2, 0.25) is 0 Å². The summed E-state index contributed by atoms with van der Waals surface area (Å²) in [4.78, 5) is 37.4. The number of allylic oxidation sites excluding steroid dienone is 1. The number of non-ortho nitro benzene ring substituents is 1. The molecule has 0 saturated heterocycles. The molecule has 0 fully saturated rings. The van der Waals surface area contributed by atoms with E-state index in [2.05, 4.69) is 16.0 Å². The SMILES string of the molecule is COC(=O)c1c(NC(=O)C2=C(C)NC(=S)N[C@@H]2c2ccc([N+](=O)[O-])cc2)sc2c1CCC2. The van der Waals surface area contributed by atoms with Gasteiger partial charge in [-0.05, 0) is 61.7 Å². The number of carbonyl (C=O) groups is 2. The van der Waals surface area contributed by atoms with Crippen LogP contribution in [0.25, 0.3) is 0 Å². The largest absolute Gasteiger partial charge is 0.465 e. The van der Waals surface area contributed by atoms with Gasteiger partial charge in [0.1, 0.15) is 5.00 Å². The first-order chi connectivity index (χ1) is 15.3. The van der Waals surface area contributed by atoms with Crippen molar-refractivity contribution >= 4 is 51.2 Å². The first kappa shape index (κ1) is 21.9. The predicted octanol–water partition coefficient (Wildman–Crippen LogP) is 3.36. The summed E-state index contributed by atoms with van der Waals surface area (Å²) in [5.74, 6) is -0.878. The smallest absolute Gasteiger partial charge is 0.341 e. The van der Waals surface area contributed by atoms with E-state index in [9.17, 15) is 19.7 Å². The Labute approximate surface area is 193 Å². The van der Waals surface area contributed by atoms with Gasteiger partial charge in [-0.15, -0.1) is 11.3 Å². The van der Waals surface area contributed by atoms with Crippen molar-refractivity contribution in [2.45, 2.75) is 32.2 Å². The monoisotopic (exact) mass is 472 g/mol. The van der Waals surface area contributed by atoms with Crippen molar-refractivity contribution < 1.29 is 19.2 Å². The van der Waals surface area contributed by atoms with Crippen LogP contribution in [0.1, 0.15) is 45.7 Å². The van der Waals surface area contributed by atoms with Crippen molar-refractivity contribution in [3.63, 3.8) is 0 Å². The topological polar surface area (TPSA) is 123 Å². The molecule has 1 aliphatic heterocycles. The highest BCUT2D eigenvalue weighted by atomic mass is 32.1. The highest BCUT2D eigenvalue weighted by Crippen LogP contribution is 2.40. The number of amides is 1. The highest BCUT2D eigenvalue weighted by Gasteiger charge is 2.33. The van der Waals surface area contributed by atoms with Crippen LogP contribution in [0.15, 0.2) is 35.5 Å². The number of benzene rings is 1. The van der Waals surface area contributed by atoms with Crippen LogP contribution in [0.4, 0.5) is 10.7 Å². The number of thiocarbonyl (C=S) groups is 1. The number of aryl methyl sites for hydroxylation is 1. The molecule has 3 N–H and O–H groups in total. The minimum absolute atomic E-state index is 0.0483. The summed E-state index contributed by atoms with van der Waals surface area (Å²) >= 11 is 6.65. The maximum atomic E-state index is 13.4. The van der Waals surface area contributed by atoms with Crippen molar-refractivity contribution in [2.24, 2.45) is 0 Å². The van der Waals surface area contributed by atoms with Gasteiger partial charge in [-0.1, -0.05) is 0 Å². The van der Waals surface area contributed by atoms with Gasteiger partial charge in [0.05, 0.1) is 29.2 Å². The Morgan fingerprint density at radius 3 is 2.66 bits per heavy atom. The quantitative estimate of drug-likeness (QED) is 0.262. The lowest BCUT2D eigenvalue weighted by Gasteiger charge is -2.30. The lowest BCUT2D eigenvalue weighted by molar-refractivity contribution is -0.384. The fourth-order valence-corrected chi connectivity index (χ4v) is 5.56.